The van der Waals surface area contributed by atoms with E-state index in [0.717, 1.165) is 12.1 Å². The van der Waals surface area contributed by atoms with Crippen LogP contribution in [0, 0.1) is 0 Å². The lowest BCUT2D eigenvalue weighted by Crippen LogP contribution is -2.46. The number of piperidine rings is 1. The standard InChI is InChI=1S/C21H24F3N3O4S/c22-21(23,24)16-4-1-5-18(14-16)31-13-3-7-20(28)26-17-8-11-27(12-9-17)32(29,30)19-6-2-10-25-15-19/h1-2,4-6,10,14-15,17H,3,7-9,11-13H2,(H,26,28). The summed E-state index contributed by atoms with van der Waals surface area (Å²) in [5, 5.41) is 2.88. The number of nitrogens with one attached hydrogen (secondary N) is 1. The number of pyridine rings is 1. The second kappa shape index (κ2) is 10.3. The molecule has 1 saturated heterocycles. The molecule has 174 valence electrons. The van der Waals surface area contributed by atoms with E-state index in [1.165, 1.54) is 34.9 Å². The van der Waals surface area contributed by atoms with Crippen LogP contribution in [0.1, 0.15) is 31.2 Å². The van der Waals surface area contributed by atoms with Crippen LogP contribution in [-0.2, 0) is 21.0 Å². The van der Waals surface area contributed by atoms with Gasteiger partial charge in [0.2, 0.25) is 15.9 Å². The van der Waals surface area contributed by atoms with Gasteiger partial charge in [-0.1, -0.05) is 6.07 Å². The first kappa shape index (κ1) is 24.0. The average Bonchev–Trinajstić information content (AvgIpc) is 2.77. The summed E-state index contributed by atoms with van der Waals surface area (Å²) >= 11 is 0. The van der Waals surface area contributed by atoms with Gasteiger partial charge in [-0.05, 0) is 49.6 Å². The SMILES string of the molecule is O=C(CCCOc1cccc(C(F)(F)F)c1)NC1CCN(S(=O)(=O)c2cccnc2)CC1. The number of carbonyl (C=O) groups is 1. The molecule has 1 N–H and O–H groups in total. The number of hydrogen-bond acceptors (Lipinski definition) is 5. The number of halogens is 3. The van der Waals surface area contributed by atoms with Crippen LogP contribution in [0.25, 0.3) is 0 Å². The van der Waals surface area contributed by atoms with Crippen LogP contribution in [-0.4, -0.2) is 49.4 Å². The lowest BCUT2D eigenvalue weighted by Gasteiger charge is -2.31. The largest absolute Gasteiger partial charge is 0.494 e. The highest BCUT2D eigenvalue weighted by molar-refractivity contribution is 7.89. The number of benzene rings is 1. The summed E-state index contributed by atoms with van der Waals surface area (Å²) in [5.74, 6) is -0.103. The third kappa shape index (κ3) is 6.42. The molecule has 0 bridgehead atoms. The predicted octanol–water partition coefficient (Wildman–Crippen LogP) is 3.23. The number of amides is 1. The van der Waals surface area contributed by atoms with Gasteiger partial charge < -0.3 is 10.1 Å². The van der Waals surface area contributed by atoms with Gasteiger partial charge in [0.15, 0.2) is 0 Å². The third-order valence-electron chi connectivity index (χ3n) is 5.07. The predicted molar refractivity (Wildman–Crippen MR) is 110 cm³/mol. The molecule has 0 radical (unpaired) electrons. The van der Waals surface area contributed by atoms with Gasteiger partial charge in [-0.15, -0.1) is 0 Å². The molecular formula is C21H24F3N3O4S. The summed E-state index contributed by atoms with van der Waals surface area (Å²) in [5.41, 5.74) is -0.787. The van der Waals surface area contributed by atoms with Crippen molar-refractivity contribution in [3.63, 3.8) is 0 Å². The van der Waals surface area contributed by atoms with Crippen molar-refractivity contribution >= 4 is 15.9 Å². The topological polar surface area (TPSA) is 88.6 Å². The first-order chi connectivity index (χ1) is 15.2. The van der Waals surface area contributed by atoms with Crippen LogP contribution in [0.4, 0.5) is 13.2 Å². The van der Waals surface area contributed by atoms with Crippen LogP contribution in [0.2, 0.25) is 0 Å². The average molecular weight is 472 g/mol. The summed E-state index contributed by atoms with van der Waals surface area (Å²) in [6, 6.07) is 7.52. The summed E-state index contributed by atoms with van der Waals surface area (Å²) in [6.45, 7) is 0.693. The summed E-state index contributed by atoms with van der Waals surface area (Å²) < 4.78 is 70.1. The quantitative estimate of drug-likeness (QED) is 0.598. The number of hydrogen-bond donors (Lipinski definition) is 1. The number of rotatable bonds is 8. The Hall–Kier alpha value is -2.66. The van der Waals surface area contributed by atoms with Gasteiger partial charge in [-0.2, -0.15) is 17.5 Å². The Balaban J connectivity index is 1.38. The zero-order valence-corrected chi connectivity index (χ0v) is 18.0. The molecule has 2 aromatic rings. The van der Waals surface area contributed by atoms with E-state index in [2.05, 4.69) is 10.3 Å². The molecule has 1 aliphatic heterocycles. The smallest absolute Gasteiger partial charge is 0.416 e. The van der Waals surface area contributed by atoms with E-state index in [4.69, 9.17) is 4.74 Å². The first-order valence-electron chi connectivity index (χ1n) is 10.2. The second-order valence-electron chi connectivity index (χ2n) is 7.41. The second-order valence-corrected chi connectivity index (χ2v) is 9.35. The Morgan fingerprint density at radius 2 is 1.94 bits per heavy atom. The summed E-state index contributed by atoms with van der Waals surface area (Å²) in [4.78, 5) is 16.1. The van der Waals surface area contributed by atoms with E-state index in [0.29, 0.717) is 32.4 Å². The molecule has 7 nitrogen and oxygen atoms in total. The fourth-order valence-corrected chi connectivity index (χ4v) is 4.81. The van der Waals surface area contributed by atoms with Crippen LogP contribution in [0.15, 0.2) is 53.7 Å². The van der Waals surface area contributed by atoms with Gasteiger partial charge in [0.1, 0.15) is 10.6 Å². The summed E-state index contributed by atoms with van der Waals surface area (Å²) in [7, 11) is -3.60. The molecule has 2 heterocycles. The van der Waals surface area contributed by atoms with Crippen molar-refractivity contribution < 1.29 is 31.1 Å². The molecule has 0 saturated carbocycles. The summed E-state index contributed by atoms with van der Waals surface area (Å²) in [6.07, 6.45) is -0.135. The van der Waals surface area contributed by atoms with Crippen molar-refractivity contribution in [2.75, 3.05) is 19.7 Å². The van der Waals surface area contributed by atoms with E-state index in [1.807, 2.05) is 0 Å². The molecule has 32 heavy (non-hydrogen) atoms. The number of ether oxygens (including phenoxy) is 1. The maximum absolute atomic E-state index is 12.7. The number of carbonyl (C=O) groups excluding carboxylic acids is 1. The molecular weight excluding hydrogens is 447 g/mol. The zero-order chi connectivity index (χ0) is 23.2. The molecule has 0 unspecified atom stereocenters. The molecule has 11 heteroatoms. The minimum atomic E-state index is -4.44. The molecule has 0 spiro atoms. The van der Waals surface area contributed by atoms with Crippen LogP contribution in [0.5, 0.6) is 5.75 Å². The Bertz CT molecular complexity index is 1010. The number of sulfonamides is 1. The minimum absolute atomic E-state index is 0.0995. The van der Waals surface area contributed by atoms with Gasteiger partial charge in [-0.3, -0.25) is 9.78 Å². The highest BCUT2D eigenvalue weighted by Crippen LogP contribution is 2.31. The van der Waals surface area contributed by atoms with Gasteiger partial charge in [0.25, 0.3) is 0 Å². The van der Waals surface area contributed by atoms with Crippen molar-refractivity contribution in [1.29, 1.82) is 0 Å². The Kier molecular flexibility index (Phi) is 7.73. The van der Waals surface area contributed by atoms with E-state index in [-0.39, 0.29) is 35.6 Å². The number of alkyl halides is 3. The van der Waals surface area contributed by atoms with E-state index in [1.54, 1.807) is 6.07 Å². The maximum Gasteiger partial charge on any atom is 0.416 e. The molecule has 0 aliphatic carbocycles. The fourth-order valence-electron chi connectivity index (χ4n) is 3.37. The highest BCUT2D eigenvalue weighted by Gasteiger charge is 2.31. The molecule has 1 amide bonds. The van der Waals surface area contributed by atoms with Gasteiger partial charge in [0.05, 0.1) is 12.2 Å². The third-order valence-corrected chi connectivity index (χ3v) is 6.95. The molecule has 0 atom stereocenters. The zero-order valence-electron chi connectivity index (χ0n) is 17.2. The molecule has 3 rings (SSSR count). The van der Waals surface area contributed by atoms with E-state index >= 15 is 0 Å². The van der Waals surface area contributed by atoms with Gasteiger partial charge in [0, 0.05) is 37.9 Å². The van der Waals surface area contributed by atoms with Crippen molar-refractivity contribution in [1.82, 2.24) is 14.6 Å². The van der Waals surface area contributed by atoms with E-state index < -0.39 is 21.8 Å². The van der Waals surface area contributed by atoms with Gasteiger partial charge >= 0.3 is 6.18 Å². The normalized spacial score (nSPS) is 16.0. The Morgan fingerprint density at radius 3 is 2.59 bits per heavy atom. The lowest BCUT2D eigenvalue weighted by molar-refractivity contribution is -0.137. The Labute approximate surface area is 184 Å². The van der Waals surface area contributed by atoms with Crippen molar-refractivity contribution in [2.45, 2.75) is 42.8 Å². The van der Waals surface area contributed by atoms with Crippen molar-refractivity contribution in [3.8, 4) is 5.75 Å². The molecule has 1 aromatic carbocycles. The van der Waals surface area contributed by atoms with Crippen LogP contribution < -0.4 is 10.1 Å². The highest BCUT2D eigenvalue weighted by atomic mass is 32.2. The number of aromatic nitrogens is 1. The Morgan fingerprint density at radius 1 is 1.19 bits per heavy atom. The van der Waals surface area contributed by atoms with Crippen LogP contribution >= 0.6 is 0 Å². The number of nitrogens with zero attached hydrogens (tertiary/aromatic N) is 2. The van der Waals surface area contributed by atoms with Crippen molar-refractivity contribution in [2.24, 2.45) is 0 Å². The fraction of sp³-hybridized carbons (Fsp3) is 0.429. The molecule has 1 aromatic heterocycles. The monoisotopic (exact) mass is 471 g/mol. The van der Waals surface area contributed by atoms with Gasteiger partial charge in [-0.25, -0.2) is 8.42 Å². The minimum Gasteiger partial charge on any atom is -0.494 e. The van der Waals surface area contributed by atoms with E-state index in [9.17, 15) is 26.4 Å². The van der Waals surface area contributed by atoms with Crippen LogP contribution in [0.3, 0.4) is 0 Å². The maximum atomic E-state index is 12.7. The first-order valence-corrected chi connectivity index (χ1v) is 11.6. The lowest BCUT2D eigenvalue weighted by atomic mass is 10.1. The molecule has 1 fully saturated rings. The van der Waals surface area contributed by atoms with Crippen molar-refractivity contribution in [3.05, 3.63) is 54.4 Å². The molecule has 1 aliphatic rings.